The number of hydrogen-bond donors (Lipinski definition) is 2. The van der Waals surface area contributed by atoms with E-state index in [1.54, 1.807) is 26.0 Å². The molecule has 3 heteroatoms. The molecule has 1 rings (SSSR count). The molecule has 0 aliphatic carbocycles. The van der Waals surface area contributed by atoms with E-state index in [0.29, 0.717) is 10.5 Å². The van der Waals surface area contributed by atoms with Crippen LogP contribution in [0.1, 0.15) is 19.4 Å². The van der Waals surface area contributed by atoms with Crippen molar-refractivity contribution in [2.45, 2.75) is 24.2 Å². The molecule has 0 fully saturated rings. The first-order chi connectivity index (χ1) is 5.97. The zero-order chi connectivity index (χ0) is 10.1. The fourth-order valence-corrected chi connectivity index (χ4v) is 1.31. The van der Waals surface area contributed by atoms with Crippen LogP contribution >= 0.6 is 12.6 Å². The minimum atomic E-state index is -0.661. The standard InChI is InChI=1S/C10H11NOS/c1-10(2,6-11)8-4-3-7(13)5-9(8)12/h3-5,12-13H,1-2H3. The minimum absolute atomic E-state index is 0.124. The number of aromatic hydroxyl groups is 1. The Bertz CT molecular complexity index is 366. The average Bonchev–Trinajstić information content (AvgIpc) is 2.03. The molecule has 0 heterocycles. The van der Waals surface area contributed by atoms with Crippen LogP contribution in [0, 0.1) is 11.3 Å². The second-order valence-corrected chi connectivity index (χ2v) is 3.95. The quantitative estimate of drug-likeness (QED) is 0.673. The van der Waals surface area contributed by atoms with E-state index in [0.717, 1.165) is 0 Å². The lowest BCUT2D eigenvalue weighted by Crippen LogP contribution is -2.13. The van der Waals surface area contributed by atoms with Crippen LogP contribution < -0.4 is 0 Å². The Hall–Kier alpha value is -1.14. The van der Waals surface area contributed by atoms with Gasteiger partial charge < -0.3 is 5.11 Å². The SMILES string of the molecule is CC(C)(C#N)c1ccc(S)cc1O. The highest BCUT2D eigenvalue weighted by atomic mass is 32.1. The maximum absolute atomic E-state index is 9.56. The second kappa shape index (κ2) is 3.31. The molecular weight excluding hydrogens is 182 g/mol. The van der Waals surface area contributed by atoms with Crippen LogP contribution in [0.25, 0.3) is 0 Å². The van der Waals surface area contributed by atoms with Crippen LogP contribution in [0.2, 0.25) is 0 Å². The fourth-order valence-electron chi connectivity index (χ4n) is 1.11. The molecule has 0 unspecified atom stereocenters. The van der Waals surface area contributed by atoms with Gasteiger partial charge in [-0.05, 0) is 26.0 Å². The van der Waals surface area contributed by atoms with Gasteiger partial charge in [0.05, 0.1) is 11.5 Å². The van der Waals surface area contributed by atoms with Gasteiger partial charge in [0.15, 0.2) is 0 Å². The van der Waals surface area contributed by atoms with Crippen molar-refractivity contribution < 1.29 is 5.11 Å². The molecule has 0 atom stereocenters. The number of rotatable bonds is 1. The molecular formula is C10H11NOS. The van der Waals surface area contributed by atoms with Crippen molar-refractivity contribution >= 4 is 12.6 Å². The van der Waals surface area contributed by atoms with E-state index in [-0.39, 0.29) is 5.75 Å². The first-order valence-electron chi connectivity index (χ1n) is 3.91. The Morgan fingerprint density at radius 2 is 2.08 bits per heavy atom. The highest BCUT2D eigenvalue weighted by Crippen LogP contribution is 2.31. The Morgan fingerprint density at radius 1 is 1.46 bits per heavy atom. The summed E-state index contributed by atoms with van der Waals surface area (Å²) in [5.74, 6) is 0.124. The van der Waals surface area contributed by atoms with Crippen LogP contribution in [-0.4, -0.2) is 5.11 Å². The molecule has 0 spiro atoms. The topological polar surface area (TPSA) is 44.0 Å². The van der Waals surface area contributed by atoms with Gasteiger partial charge in [-0.25, -0.2) is 0 Å². The lowest BCUT2D eigenvalue weighted by Gasteiger charge is -2.17. The molecule has 0 amide bonds. The fraction of sp³-hybridized carbons (Fsp3) is 0.300. The van der Waals surface area contributed by atoms with E-state index in [1.165, 1.54) is 6.07 Å². The summed E-state index contributed by atoms with van der Waals surface area (Å²) >= 11 is 4.08. The number of benzene rings is 1. The van der Waals surface area contributed by atoms with Crippen LogP contribution in [0.5, 0.6) is 5.75 Å². The highest BCUT2D eigenvalue weighted by molar-refractivity contribution is 7.80. The van der Waals surface area contributed by atoms with E-state index in [2.05, 4.69) is 18.7 Å². The Balaban J connectivity index is 3.26. The number of thiol groups is 1. The van der Waals surface area contributed by atoms with Gasteiger partial charge in [-0.15, -0.1) is 12.6 Å². The van der Waals surface area contributed by atoms with Crippen LogP contribution in [-0.2, 0) is 5.41 Å². The summed E-state index contributed by atoms with van der Waals surface area (Å²) in [6.45, 7) is 3.53. The average molecular weight is 193 g/mol. The number of nitrogens with zero attached hydrogens (tertiary/aromatic N) is 1. The van der Waals surface area contributed by atoms with Gasteiger partial charge in [0.2, 0.25) is 0 Å². The Kier molecular flexibility index (Phi) is 2.53. The molecule has 0 bridgehead atoms. The number of phenolic OH excluding ortho intramolecular Hbond substituents is 1. The maximum atomic E-state index is 9.56. The molecule has 0 saturated heterocycles. The number of hydrogen-bond acceptors (Lipinski definition) is 3. The first-order valence-corrected chi connectivity index (χ1v) is 4.36. The zero-order valence-electron chi connectivity index (χ0n) is 7.57. The molecule has 68 valence electrons. The van der Waals surface area contributed by atoms with Crippen LogP contribution in [0.4, 0.5) is 0 Å². The van der Waals surface area contributed by atoms with Gasteiger partial charge in [-0.3, -0.25) is 0 Å². The first kappa shape index (κ1) is 9.94. The summed E-state index contributed by atoms with van der Waals surface area (Å²) in [5.41, 5.74) is -0.0289. The smallest absolute Gasteiger partial charge is 0.121 e. The lowest BCUT2D eigenvalue weighted by molar-refractivity contribution is 0.455. The molecule has 1 aromatic carbocycles. The maximum Gasteiger partial charge on any atom is 0.121 e. The van der Waals surface area contributed by atoms with Crippen LogP contribution in [0.15, 0.2) is 23.1 Å². The Labute approximate surface area is 83.2 Å². The summed E-state index contributed by atoms with van der Waals surface area (Å²) < 4.78 is 0. The second-order valence-electron chi connectivity index (χ2n) is 3.44. The van der Waals surface area contributed by atoms with E-state index < -0.39 is 5.41 Å². The largest absolute Gasteiger partial charge is 0.508 e. The molecule has 0 radical (unpaired) electrons. The van der Waals surface area contributed by atoms with Gasteiger partial charge in [0.1, 0.15) is 5.75 Å². The van der Waals surface area contributed by atoms with E-state index in [9.17, 15) is 5.11 Å². The van der Waals surface area contributed by atoms with E-state index >= 15 is 0 Å². The van der Waals surface area contributed by atoms with Gasteiger partial charge in [-0.2, -0.15) is 5.26 Å². The molecule has 0 aromatic heterocycles. The van der Waals surface area contributed by atoms with Crippen molar-refractivity contribution in [2.24, 2.45) is 0 Å². The van der Waals surface area contributed by atoms with Crippen molar-refractivity contribution in [1.29, 1.82) is 5.26 Å². The molecule has 1 N–H and O–H groups in total. The number of nitriles is 1. The third-order valence-corrected chi connectivity index (χ3v) is 2.21. The van der Waals surface area contributed by atoms with Crippen molar-refractivity contribution in [3.05, 3.63) is 23.8 Å². The van der Waals surface area contributed by atoms with E-state index in [1.807, 2.05) is 0 Å². The van der Waals surface area contributed by atoms with Gasteiger partial charge in [0, 0.05) is 10.5 Å². The summed E-state index contributed by atoms with van der Waals surface area (Å²) in [6, 6.07) is 7.16. The predicted molar refractivity (Wildman–Crippen MR) is 54.0 cm³/mol. The highest BCUT2D eigenvalue weighted by Gasteiger charge is 2.22. The summed E-state index contributed by atoms with van der Waals surface area (Å²) in [5, 5.41) is 18.4. The van der Waals surface area contributed by atoms with Crippen molar-refractivity contribution in [1.82, 2.24) is 0 Å². The molecule has 0 aliphatic heterocycles. The van der Waals surface area contributed by atoms with Crippen molar-refractivity contribution in [3.8, 4) is 11.8 Å². The molecule has 0 aliphatic rings. The Morgan fingerprint density at radius 3 is 2.54 bits per heavy atom. The summed E-state index contributed by atoms with van der Waals surface area (Å²) in [7, 11) is 0. The summed E-state index contributed by atoms with van der Waals surface area (Å²) in [4.78, 5) is 0.690. The van der Waals surface area contributed by atoms with Gasteiger partial charge in [-0.1, -0.05) is 6.07 Å². The van der Waals surface area contributed by atoms with Crippen molar-refractivity contribution in [2.75, 3.05) is 0 Å². The zero-order valence-corrected chi connectivity index (χ0v) is 8.47. The predicted octanol–water partition coefficient (Wildman–Crippen LogP) is 2.48. The molecule has 1 aromatic rings. The van der Waals surface area contributed by atoms with E-state index in [4.69, 9.17) is 5.26 Å². The third kappa shape index (κ3) is 1.96. The van der Waals surface area contributed by atoms with Gasteiger partial charge in [0.25, 0.3) is 0 Å². The molecule has 0 saturated carbocycles. The van der Waals surface area contributed by atoms with Crippen LogP contribution in [0.3, 0.4) is 0 Å². The minimum Gasteiger partial charge on any atom is -0.508 e. The number of phenols is 1. The van der Waals surface area contributed by atoms with Gasteiger partial charge >= 0.3 is 0 Å². The third-order valence-electron chi connectivity index (χ3n) is 1.93. The van der Waals surface area contributed by atoms with Crippen molar-refractivity contribution in [3.63, 3.8) is 0 Å². The molecule has 13 heavy (non-hydrogen) atoms. The molecule has 2 nitrogen and oxygen atoms in total. The lowest BCUT2D eigenvalue weighted by atomic mass is 9.86. The summed E-state index contributed by atoms with van der Waals surface area (Å²) in [6.07, 6.45) is 0. The normalized spacial score (nSPS) is 10.9. The monoisotopic (exact) mass is 193 g/mol.